The number of imidazole rings is 2. The van der Waals surface area contributed by atoms with E-state index in [1.54, 1.807) is 31.1 Å². The Balaban J connectivity index is 1.75. The summed E-state index contributed by atoms with van der Waals surface area (Å²) in [5.41, 5.74) is 8.91. The van der Waals surface area contributed by atoms with Gasteiger partial charge in [-0.05, 0) is 0 Å². The summed E-state index contributed by atoms with van der Waals surface area (Å²) in [5.74, 6) is 1.35. The van der Waals surface area contributed by atoms with Gasteiger partial charge >= 0.3 is 6.09 Å². The van der Waals surface area contributed by atoms with Crippen molar-refractivity contribution in [2.45, 2.75) is 6.10 Å². The molecule has 1 atom stereocenters. The van der Waals surface area contributed by atoms with Crippen molar-refractivity contribution in [2.24, 2.45) is 14.1 Å². The monoisotopic (exact) mass is 489 g/mol. The van der Waals surface area contributed by atoms with Crippen molar-refractivity contribution in [3.8, 4) is 22.0 Å². The van der Waals surface area contributed by atoms with Crippen LogP contribution in [0.4, 0.5) is 10.6 Å². The lowest BCUT2D eigenvalue weighted by atomic mass is 10.1. The van der Waals surface area contributed by atoms with Gasteiger partial charge in [-0.15, -0.1) is 0 Å². The molecule has 11 nitrogen and oxygen atoms in total. The number of aryl methyl sites for hydroxylation is 1. The molecular weight excluding hydrogens is 466 g/mol. The minimum absolute atomic E-state index is 0.312. The zero-order valence-corrected chi connectivity index (χ0v) is 20.4. The van der Waals surface area contributed by atoms with Gasteiger partial charge in [0.25, 0.3) is 0 Å². The van der Waals surface area contributed by atoms with E-state index in [0.29, 0.717) is 38.5 Å². The van der Waals surface area contributed by atoms with E-state index in [0.717, 1.165) is 11.3 Å². The molecule has 0 aliphatic heterocycles. The third kappa shape index (κ3) is 3.97. The Morgan fingerprint density at radius 3 is 2.51 bits per heavy atom. The molecule has 178 valence electrons. The van der Waals surface area contributed by atoms with E-state index in [4.69, 9.17) is 20.4 Å². The Bertz CT molecular complexity index is 1520. The molecule has 5 aromatic rings. The van der Waals surface area contributed by atoms with Crippen LogP contribution in [0.25, 0.3) is 32.3 Å². The number of carbonyl (C=O) groups is 1. The predicted octanol–water partition coefficient (Wildman–Crippen LogP) is 3.26. The minimum Gasteiger partial charge on any atom is -0.430 e. The van der Waals surface area contributed by atoms with Gasteiger partial charge in [0, 0.05) is 46.1 Å². The molecule has 5 rings (SSSR count). The van der Waals surface area contributed by atoms with Crippen LogP contribution in [-0.2, 0) is 18.8 Å². The smallest absolute Gasteiger partial charge is 0.410 e. The fraction of sp³-hybridized carbons (Fsp3) is 0.217. The van der Waals surface area contributed by atoms with Gasteiger partial charge in [0.1, 0.15) is 27.4 Å². The van der Waals surface area contributed by atoms with Gasteiger partial charge in [0.2, 0.25) is 6.10 Å². The molecule has 0 saturated carbocycles. The third-order valence-electron chi connectivity index (χ3n) is 5.51. The number of nitrogen functional groups attached to an aromatic ring is 1. The molecule has 35 heavy (non-hydrogen) atoms. The normalized spacial score (nSPS) is 12.1. The molecule has 0 radical (unpaired) electrons. The van der Waals surface area contributed by atoms with Crippen LogP contribution in [0.3, 0.4) is 0 Å². The maximum atomic E-state index is 12.6. The zero-order chi connectivity index (χ0) is 24.7. The second-order valence-electron chi connectivity index (χ2n) is 8.08. The topological polar surface area (TPSA) is 130 Å². The largest absolute Gasteiger partial charge is 0.430 e. The fourth-order valence-corrected chi connectivity index (χ4v) is 4.72. The van der Waals surface area contributed by atoms with Crippen LogP contribution in [0.1, 0.15) is 17.8 Å². The summed E-state index contributed by atoms with van der Waals surface area (Å²) in [6, 6.07) is 9.77. The summed E-state index contributed by atoms with van der Waals surface area (Å²) >= 11 is 1.39. The number of ether oxygens (including phenoxy) is 1. The molecule has 0 saturated heterocycles. The number of nitrogens with zero attached hydrogens (tertiary/aromatic N) is 8. The molecule has 0 spiro atoms. The molecular formula is C23H23N9O2S. The first-order chi connectivity index (χ1) is 16.8. The number of rotatable bonds is 5. The summed E-state index contributed by atoms with van der Waals surface area (Å²) < 4.78 is 9.57. The van der Waals surface area contributed by atoms with Crippen molar-refractivity contribution in [1.82, 2.24) is 39.0 Å². The first kappa shape index (κ1) is 22.5. The average Bonchev–Trinajstić information content (AvgIpc) is 3.55. The molecule has 0 bridgehead atoms. The van der Waals surface area contributed by atoms with Gasteiger partial charge in [-0.1, -0.05) is 41.7 Å². The number of carbonyl (C=O) groups excluding carboxylic acids is 1. The second kappa shape index (κ2) is 8.80. The first-order valence-corrected chi connectivity index (χ1v) is 11.5. The highest BCUT2D eigenvalue weighted by atomic mass is 32.1. The highest BCUT2D eigenvalue weighted by Crippen LogP contribution is 2.39. The molecule has 1 aromatic carbocycles. The highest BCUT2D eigenvalue weighted by Gasteiger charge is 2.32. The number of nitrogens with two attached hydrogens (primary N) is 1. The third-order valence-corrected chi connectivity index (χ3v) is 6.48. The number of benzene rings is 1. The van der Waals surface area contributed by atoms with Crippen molar-refractivity contribution < 1.29 is 9.53 Å². The van der Waals surface area contributed by atoms with Crippen molar-refractivity contribution >= 4 is 33.6 Å². The number of fused-ring (bicyclic) bond motifs is 1. The Labute approximate surface area is 204 Å². The van der Waals surface area contributed by atoms with Crippen LogP contribution < -0.4 is 5.73 Å². The molecule has 12 heteroatoms. The summed E-state index contributed by atoms with van der Waals surface area (Å²) in [7, 11) is 6.97. The maximum absolute atomic E-state index is 12.6. The predicted molar refractivity (Wildman–Crippen MR) is 132 cm³/mol. The van der Waals surface area contributed by atoms with Crippen LogP contribution in [0.5, 0.6) is 0 Å². The number of hydrogen-bond acceptors (Lipinski definition) is 9. The van der Waals surface area contributed by atoms with Crippen molar-refractivity contribution in [1.29, 1.82) is 0 Å². The molecule has 1 unspecified atom stereocenters. The van der Waals surface area contributed by atoms with Crippen LogP contribution >= 0.6 is 11.3 Å². The Morgan fingerprint density at radius 1 is 1.09 bits per heavy atom. The van der Waals surface area contributed by atoms with Gasteiger partial charge in [-0.2, -0.15) is 0 Å². The van der Waals surface area contributed by atoms with Crippen LogP contribution in [0.2, 0.25) is 0 Å². The molecule has 2 N–H and O–H groups in total. The average molecular weight is 490 g/mol. The van der Waals surface area contributed by atoms with E-state index in [9.17, 15) is 4.79 Å². The quantitative estimate of drug-likeness (QED) is 0.398. The molecule has 0 aliphatic carbocycles. The molecule has 4 heterocycles. The minimum atomic E-state index is -0.856. The lowest BCUT2D eigenvalue weighted by Gasteiger charge is -2.20. The van der Waals surface area contributed by atoms with Gasteiger partial charge in [0.15, 0.2) is 17.5 Å². The second-order valence-corrected chi connectivity index (χ2v) is 9.06. The van der Waals surface area contributed by atoms with Crippen LogP contribution in [0, 0.1) is 0 Å². The number of hydrogen-bond donors (Lipinski definition) is 1. The van der Waals surface area contributed by atoms with E-state index < -0.39 is 12.2 Å². The Kier molecular flexibility index (Phi) is 5.65. The van der Waals surface area contributed by atoms with Gasteiger partial charge < -0.3 is 24.5 Å². The van der Waals surface area contributed by atoms with E-state index >= 15 is 0 Å². The summed E-state index contributed by atoms with van der Waals surface area (Å²) in [6.07, 6.45) is 3.51. The summed E-state index contributed by atoms with van der Waals surface area (Å²) in [5, 5.41) is 0.671. The van der Waals surface area contributed by atoms with Crippen molar-refractivity contribution in [3.05, 3.63) is 60.7 Å². The van der Waals surface area contributed by atoms with E-state index in [-0.39, 0.29) is 0 Å². The standard InChI is InChI=1S/C23H23N9O2S/c1-30(2)23(33)34-17(19-25-10-11-31(19)3)20-28-14(13-8-6-5-7-9-13)16(32(20)4)22-29-15-18(24)26-12-27-21(15)35-22/h5-12,17H,1-4H3,(H2,24,26,27). The van der Waals surface area contributed by atoms with E-state index in [1.165, 1.54) is 22.6 Å². The molecule has 0 aliphatic rings. The first-order valence-electron chi connectivity index (χ1n) is 10.7. The number of amides is 1. The Hall–Kier alpha value is -4.32. The summed E-state index contributed by atoms with van der Waals surface area (Å²) in [6.45, 7) is 0. The maximum Gasteiger partial charge on any atom is 0.410 e. The van der Waals surface area contributed by atoms with Gasteiger partial charge in [-0.3, -0.25) is 0 Å². The number of anilines is 1. The lowest BCUT2D eigenvalue weighted by Crippen LogP contribution is -2.27. The van der Waals surface area contributed by atoms with E-state index in [1.807, 2.05) is 49.0 Å². The van der Waals surface area contributed by atoms with Crippen LogP contribution in [0.15, 0.2) is 49.1 Å². The van der Waals surface area contributed by atoms with E-state index in [2.05, 4.69) is 15.0 Å². The lowest BCUT2D eigenvalue weighted by molar-refractivity contribution is 0.0817. The van der Waals surface area contributed by atoms with Gasteiger partial charge in [0.05, 0.1) is 5.69 Å². The summed E-state index contributed by atoms with van der Waals surface area (Å²) in [4.78, 5) is 37.2. The van der Waals surface area contributed by atoms with Crippen molar-refractivity contribution in [3.63, 3.8) is 0 Å². The molecule has 0 fully saturated rings. The molecule has 4 aromatic heterocycles. The number of thiazole rings is 1. The highest BCUT2D eigenvalue weighted by molar-refractivity contribution is 7.21. The van der Waals surface area contributed by atoms with Crippen molar-refractivity contribution in [2.75, 3.05) is 19.8 Å². The SMILES string of the molecule is CN(C)C(=O)OC(c1nccn1C)c1nc(-c2ccccc2)c(-c2nc3c(N)ncnc3s2)n1C. The number of aromatic nitrogens is 7. The zero-order valence-electron chi connectivity index (χ0n) is 19.6. The molecule has 1 amide bonds. The van der Waals surface area contributed by atoms with Crippen LogP contribution in [-0.4, -0.2) is 59.1 Å². The Morgan fingerprint density at radius 2 is 1.86 bits per heavy atom. The fourth-order valence-electron chi connectivity index (χ4n) is 3.72. The van der Waals surface area contributed by atoms with Gasteiger partial charge in [-0.25, -0.2) is 29.7 Å².